The van der Waals surface area contributed by atoms with Crippen molar-refractivity contribution < 1.29 is 0 Å². The third-order valence-corrected chi connectivity index (χ3v) is 2.39. The maximum atomic E-state index is 8.98. The lowest BCUT2D eigenvalue weighted by Crippen LogP contribution is -2.16. The van der Waals surface area contributed by atoms with E-state index in [9.17, 15) is 0 Å². The zero-order valence-electron chi connectivity index (χ0n) is 10.2. The lowest BCUT2D eigenvalue weighted by Gasteiger charge is -2.12. The summed E-state index contributed by atoms with van der Waals surface area (Å²) in [5, 5.41) is 21.1. The first-order valence-electron chi connectivity index (χ1n) is 5.51. The van der Waals surface area contributed by atoms with Gasteiger partial charge in [0.05, 0.1) is 16.8 Å². The Bertz CT molecular complexity index is 419. The predicted molar refractivity (Wildman–Crippen MR) is 67.5 cm³/mol. The molecule has 0 aliphatic heterocycles. The van der Waals surface area contributed by atoms with Crippen molar-refractivity contribution >= 4 is 5.69 Å². The summed E-state index contributed by atoms with van der Waals surface area (Å²) in [6, 6.07) is 9.35. The van der Waals surface area contributed by atoms with E-state index >= 15 is 0 Å². The van der Waals surface area contributed by atoms with Crippen molar-refractivity contribution in [1.82, 2.24) is 4.90 Å². The van der Waals surface area contributed by atoms with Gasteiger partial charge in [-0.2, -0.15) is 10.5 Å². The number of rotatable bonds is 5. The Balaban J connectivity index is 2.70. The summed E-state index contributed by atoms with van der Waals surface area (Å²) in [6.07, 6.45) is 0.970. The molecule has 0 atom stereocenters. The molecule has 1 aromatic rings. The maximum absolute atomic E-state index is 8.98. The Kier molecular flexibility index (Phi) is 5.00. The van der Waals surface area contributed by atoms with Crippen molar-refractivity contribution in [3.05, 3.63) is 29.3 Å². The van der Waals surface area contributed by atoms with Gasteiger partial charge in [-0.05, 0) is 39.2 Å². The van der Waals surface area contributed by atoms with E-state index in [1.165, 1.54) is 0 Å². The monoisotopic (exact) mass is 228 g/mol. The SMILES string of the molecule is CN(C)CCCNc1c(C#N)cccc1C#N. The topological polar surface area (TPSA) is 62.9 Å². The molecule has 88 valence electrons. The van der Waals surface area contributed by atoms with Gasteiger partial charge in [0.15, 0.2) is 0 Å². The molecule has 0 spiro atoms. The summed E-state index contributed by atoms with van der Waals surface area (Å²) in [6.45, 7) is 1.73. The van der Waals surface area contributed by atoms with Crippen LogP contribution in [0, 0.1) is 22.7 Å². The molecular formula is C13H16N4. The molecule has 0 fully saturated rings. The van der Waals surface area contributed by atoms with Crippen LogP contribution >= 0.6 is 0 Å². The van der Waals surface area contributed by atoms with Gasteiger partial charge < -0.3 is 10.2 Å². The highest BCUT2D eigenvalue weighted by Crippen LogP contribution is 2.19. The molecule has 0 radical (unpaired) electrons. The molecule has 0 aliphatic rings. The standard InChI is InChI=1S/C13H16N4/c1-17(2)8-4-7-16-13-11(9-14)5-3-6-12(13)10-15/h3,5-6,16H,4,7-8H2,1-2H3. The van der Waals surface area contributed by atoms with Gasteiger partial charge in [-0.15, -0.1) is 0 Å². The molecule has 0 aliphatic carbocycles. The average molecular weight is 228 g/mol. The Morgan fingerprint density at radius 3 is 2.24 bits per heavy atom. The highest BCUT2D eigenvalue weighted by Gasteiger charge is 2.06. The Morgan fingerprint density at radius 2 is 1.76 bits per heavy atom. The van der Waals surface area contributed by atoms with E-state index in [1.54, 1.807) is 18.2 Å². The van der Waals surface area contributed by atoms with E-state index in [0.29, 0.717) is 16.8 Å². The molecule has 0 bridgehead atoms. The van der Waals surface area contributed by atoms with Crippen molar-refractivity contribution in [2.45, 2.75) is 6.42 Å². The van der Waals surface area contributed by atoms with Crippen LogP contribution in [0.4, 0.5) is 5.69 Å². The number of hydrogen-bond acceptors (Lipinski definition) is 4. The van der Waals surface area contributed by atoms with Crippen molar-refractivity contribution in [3.8, 4) is 12.1 Å². The van der Waals surface area contributed by atoms with E-state index in [0.717, 1.165) is 19.5 Å². The van der Waals surface area contributed by atoms with Crippen molar-refractivity contribution in [2.24, 2.45) is 0 Å². The van der Waals surface area contributed by atoms with Gasteiger partial charge >= 0.3 is 0 Å². The summed E-state index contributed by atoms with van der Waals surface area (Å²) in [5.41, 5.74) is 1.69. The lowest BCUT2D eigenvalue weighted by atomic mass is 10.1. The quantitative estimate of drug-likeness (QED) is 0.780. The number of benzene rings is 1. The molecule has 17 heavy (non-hydrogen) atoms. The molecule has 0 amide bonds. The number of nitrogens with zero attached hydrogens (tertiary/aromatic N) is 3. The van der Waals surface area contributed by atoms with Crippen LogP contribution in [0.1, 0.15) is 17.5 Å². The first-order chi connectivity index (χ1) is 8.19. The number of para-hydroxylation sites is 1. The first-order valence-corrected chi connectivity index (χ1v) is 5.51. The second-order valence-corrected chi connectivity index (χ2v) is 4.04. The molecule has 1 N–H and O–H groups in total. The molecule has 0 aromatic heterocycles. The fraction of sp³-hybridized carbons (Fsp3) is 0.385. The van der Waals surface area contributed by atoms with Gasteiger partial charge in [0, 0.05) is 6.54 Å². The number of hydrogen-bond donors (Lipinski definition) is 1. The summed E-state index contributed by atoms with van der Waals surface area (Å²) in [7, 11) is 4.04. The van der Waals surface area contributed by atoms with E-state index in [2.05, 4.69) is 22.4 Å². The highest BCUT2D eigenvalue weighted by molar-refractivity contribution is 5.66. The van der Waals surface area contributed by atoms with Gasteiger partial charge in [-0.3, -0.25) is 0 Å². The summed E-state index contributed by atoms with van der Waals surface area (Å²) >= 11 is 0. The fourth-order valence-corrected chi connectivity index (χ4v) is 1.54. The van der Waals surface area contributed by atoms with E-state index in [4.69, 9.17) is 10.5 Å². The average Bonchev–Trinajstić information content (AvgIpc) is 2.34. The van der Waals surface area contributed by atoms with Crippen molar-refractivity contribution in [3.63, 3.8) is 0 Å². The third-order valence-electron chi connectivity index (χ3n) is 2.39. The molecule has 0 saturated carbocycles. The molecule has 4 heteroatoms. The highest BCUT2D eigenvalue weighted by atomic mass is 15.1. The van der Waals surface area contributed by atoms with Gasteiger partial charge in [0.2, 0.25) is 0 Å². The van der Waals surface area contributed by atoms with Crippen LogP contribution < -0.4 is 5.32 Å². The summed E-state index contributed by atoms with van der Waals surface area (Å²) in [4.78, 5) is 2.10. The normalized spacial score (nSPS) is 9.71. The minimum atomic E-state index is 0.522. The molecule has 1 rings (SSSR count). The first kappa shape index (κ1) is 13.0. The Labute approximate surface area is 102 Å². The van der Waals surface area contributed by atoms with Gasteiger partial charge in [0.25, 0.3) is 0 Å². The molecular weight excluding hydrogens is 212 g/mol. The summed E-state index contributed by atoms with van der Waals surface area (Å²) < 4.78 is 0. The zero-order chi connectivity index (χ0) is 12.7. The van der Waals surface area contributed by atoms with Crippen LogP contribution in [0.15, 0.2) is 18.2 Å². The third kappa shape index (κ3) is 3.79. The molecule has 0 saturated heterocycles. The molecule has 0 unspecified atom stereocenters. The largest absolute Gasteiger partial charge is 0.383 e. The lowest BCUT2D eigenvalue weighted by molar-refractivity contribution is 0.405. The van der Waals surface area contributed by atoms with Crippen LogP contribution in [0.3, 0.4) is 0 Å². The Hall–Kier alpha value is -2.04. The fourth-order valence-electron chi connectivity index (χ4n) is 1.54. The van der Waals surface area contributed by atoms with Crippen LogP contribution in [0.25, 0.3) is 0 Å². The second-order valence-electron chi connectivity index (χ2n) is 4.04. The van der Waals surface area contributed by atoms with Crippen LogP contribution in [-0.2, 0) is 0 Å². The van der Waals surface area contributed by atoms with Crippen LogP contribution in [0.2, 0.25) is 0 Å². The summed E-state index contributed by atoms with van der Waals surface area (Å²) in [5.74, 6) is 0. The minimum absolute atomic E-state index is 0.522. The van der Waals surface area contributed by atoms with Crippen molar-refractivity contribution in [1.29, 1.82) is 10.5 Å². The van der Waals surface area contributed by atoms with Gasteiger partial charge in [-0.25, -0.2) is 0 Å². The van der Waals surface area contributed by atoms with E-state index in [1.807, 2.05) is 14.1 Å². The van der Waals surface area contributed by atoms with E-state index < -0.39 is 0 Å². The minimum Gasteiger partial charge on any atom is -0.383 e. The smallest absolute Gasteiger partial charge is 0.101 e. The van der Waals surface area contributed by atoms with Crippen LogP contribution in [-0.4, -0.2) is 32.1 Å². The number of anilines is 1. The maximum Gasteiger partial charge on any atom is 0.101 e. The number of nitrogens with one attached hydrogen (secondary N) is 1. The zero-order valence-corrected chi connectivity index (χ0v) is 10.2. The predicted octanol–water partition coefficient (Wildman–Crippen LogP) is 1.79. The van der Waals surface area contributed by atoms with E-state index in [-0.39, 0.29) is 0 Å². The molecule has 0 heterocycles. The van der Waals surface area contributed by atoms with Crippen LogP contribution in [0.5, 0.6) is 0 Å². The molecule has 1 aromatic carbocycles. The number of nitriles is 2. The van der Waals surface area contributed by atoms with Gasteiger partial charge in [-0.1, -0.05) is 6.07 Å². The molecule has 4 nitrogen and oxygen atoms in total. The van der Waals surface area contributed by atoms with Crippen molar-refractivity contribution in [2.75, 3.05) is 32.5 Å². The van der Waals surface area contributed by atoms with Gasteiger partial charge in [0.1, 0.15) is 12.1 Å². The Morgan fingerprint density at radius 1 is 1.18 bits per heavy atom. The second kappa shape index (κ2) is 6.52.